The first-order chi connectivity index (χ1) is 8.34. The van der Waals surface area contributed by atoms with Crippen LogP contribution in [0.15, 0.2) is 36.9 Å². The minimum atomic E-state index is -1.11. The SMILES string of the molecule is C=CC[C@H](NS(=O)C(C)(C)C)c1ccc(Cl)cc1. The molecule has 0 bridgehead atoms. The fourth-order valence-electron chi connectivity index (χ4n) is 1.42. The molecule has 1 aromatic rings. The molecule has 1 aromatic carbocycles. The number of hydrogen-bond donors (Lipinski definition) is 1. The van der Waals surface area contributed by atoms with Gasteiger partial charge in [0, 0.05) is 11.1 Å². The Hall–Kier alpha value is -0.640. The first kappa shape index (κ1) is 15.4. The number of halogens is 1. The van der Waals surface area contributed by atoms with E-state index in [1.165, 1.54) is 0 Å². The molecule has 0 spiro atoms. The molecule has 0 aliphatic heterocycles. The van der Waals surface area contributed by atoms with E-state index in [0.29, 0.717) is 5.02 Å². The van der Waals surface area contributed by atoms with Crippen molar-refractivity contribution in [2.45, 2.75) is 38.0 Å². The number of hydrogen-bond acceptors (Lipinski definition) is 1. The lowest BCUT2D eigenvalue weighted by atomic mass is 10.1. The van der Waals surface area contributed by atoms with Crippen molar-refractivity contribution in [3.63, 3.8) is 0 Å². The summed E-state index contributed by atoms with van der Waals surface area (Å²) in [5.74, 6) is 0. The first-order valence-corrected chi connectivity index (χ1v) is 7.42. The highest BCUT2D eigenvalue weighted by Gasteiger charge is 2.22. The van der Waals surface area contributed by atoms with Crippen LogP contribution in [-0.4, -0.2) is 8.96 Å². The quantitative estimate of drug-likeness (QED) is 0.814. The summed E-state index contributed by atoms with van der Waals surface area (Å²) >= 11 is 5.87. The lowest BCUT2D eigenvalue weighted by Gasteiger charge is -2.24. The number of nitrogens with one attached hydrogen (secondary N) is 1. The largest absolute Gasteiger partial charge is 0.242 e. The molecular weight excluding hydrogens is 266 g/mol. The van der Waals surface area contributed by atoms with E-state index in [1.807, 2.05) is 51.1 Å². The standard InChI is InChI=1S/C14H20ClNOS/c1-5-6-13(16-18(17)14(2,3)4)11-7-9-12(15)10-8-11/h5,7-10,13,16H,1,6H2,2-4H3/t13-,18?/m0/s1. The van der Waals surface area contributed by atoms with Crippen LogP contribution in [0.25, 0.3) is 0 Å². The van der Waals surface area contributed by atoms with Crippen molar-refractivity contribution in [2.75, 3.05) is 0 Å². The summed E-state index contributed by atoms with van der Waals surface area (Å²) in [6.45, 7) is 9.59. The van der Waals surface area contributed by atoms with Gasteiger partial charge in [-0.2, -0.15) is 0 Å². The summed E-state index contributed by atoms with van der Waals surface area (Å²) in [7, 11) is -1.11. The zero-order valence-electron chi connectivity index (χ0n) is 11.1. The molecule has 2 nitrogen and oxygen atoms in total. The van der Waals surface area contributed by atoms with Gasteiger partial charge in [0.15, 0.2) is 0 Å². The molecule has 0 aliphatic carbocycles. The van der Waals surface area contributed by atoms with Crippen molar-refractivity contribution in [1.82, 2.24) is 4.72 Å². The minimum Gasteiger partial charge on any atom is -0.242 e. The molecule has 2 atom stereocenters. The van der Waals surface area contributed by atoms with Gasteiger partial charge in [-0.1, -0.05) is 29.8 Å². The second kappa shape index (κ2) is 6.50. The molecule has 18 heavy (non-hydrogen) atoms. The normalized spacial score (nSPS) is 15.1. The minimum absolute atomic E-state index is 0.000162. The van der Waals surface area contributed by atoms with Gasteiger partial charge in [-0.15, -0.1) is 6.58 Å². The molecule has 0 saturated heterocycles. The van der Waals surface area contributed by atoms with Crippen molar-refractivity contribution >= 4 is 22.6 Å². The number of benzene rings is 1. The maximum absolute atomic E-state index is 12.1. The summed E-state index contributed by atoms with van der Waals surface area (Å²) in [5, 5.41) is 0.702. The van der Waals surface area contributed by atoms with Gasteiger partial charge >= 0.3 is 0 Å². The van der Waals surface area contributed by atoms with Crippen molar-refractivity contribution in [3.05, 3.63) is 47.5 Å². The second-order valence-corrected chi connectivity index (χ2v) is 7.56. The average Bonchev–Trinajstić information content (AvgIpc) is 2.28. The molecule has 1 N–H and O–H groups in total. The first-order valence-electron chi connectivity index (χ1n) is 5.89. The van der Waals surface area contributed by atoms with Crippen LogP contribution in [-0.2, 0) is 11.0 Å². The van der Waals surface area contributed by atoms with Crippen LogP contribution in [0.1, 0.15) is 38.8 Å². The number of rotatable bonds is 5. The molecule has 0 heterocycles. The van der Waals surface area contributed by atoms with Gasteiger partial charge < -0.3 is 0 Å². The lowest BCUT2D eigenvalue weighted by Crippen LogP contribution is -2.35. The zero-order valence-corrected chi connectivity index (χ0v) is 12.6. The summed E-state index contributed by atoms with van der Waals surface area (Å²) in [5.41, 5.74) is 1.07. The third-order valence-corrected chi connectivity index (χ3v) is 4.34. The maximum Gasteiger partial charge on any atom is 0.0976 e. The molecule has 0 aromatic heterocycles. The Labute approximate surface area is 117 Å². The Morgan fingerprint density at radius 1 is 1.39 bits per heavy atom. The highest BCUT2D eigenvalue weighted by molar-refractivity contribution is 7.84. The second-order valence-electron chi connectivity index (χ2n) is 5.13. The molecule has 1 unspecified atom stereocenters. The van der Waals surface area contributed by atoms with Gasteiger partial charge in [0.2, 0.25) is 0 Å². The smallest absolute Gasteiger partial charge is 0.0976 e. The van der Waals surface area contributed by atoms with Crippen LogP contribution in [0.5, 0.6) is 0 Å². The van der Waals surface area contributed by atoms with E-state index >= 15 is 0 Å². The average molecular weight is 286 g/mol. The lowest BCUT2D eigenvalue weighted by molar-refractivity contribution is 0.602. The van der Waals surface area contributed by atoms with E-state index in [4.69, 9.17) is 11.6 Å². The van der Waals surface area contributed by atoms with Crippen molar-refractivity contribution < 1.29 is 4.21 Å². The van der Waals surface area contributed by atoms with Gasteiger partial charge in [-0.05, 0) is 44.9 Å². The Bertz CT molecular complexity index is 422. The molecule has 0 amide bonds. The van der Waals surface area contributed by atoms with Gasteiger partial charge in [-0.3, -0.25) is 0 Å². The molecule has 0 radical (unpaired) electrons. The van der Waals surface area contributed by atoms with Gasteiger partial charge in [-0.25, -0.2) is 8.93 Å². The summed E-state index contributed by atoms with van der Waals surface area (Å²) in [6, 6.07) is 7.58. The Morgan fingerprint density at radius 3 is 2.39 bits per heavy atom. The molecule has 100 valence electrons. The van der Waals surface area contributed by atoms with E-state index in [2.05, 4.69) is 11.3 Å². The summed E-state index contributed by atoms with van der Waals surface area (Å²) in [4.78, 5) is 0. The fourth-order valence-corrected chi connectivity index (χ4v) is 2.39. The highest BCUT2D eigenvalue weighted by Crippen LogP contribution is 2.22. The monoisotopic (exact) mass is 285 g/mol. The Balaban J connectivity index is 2.86. The van der Waals surface area contributed by atoms with E-state index in [1.54, 1.807) is 0 Å². The van der Waals surface area contributed by atoms with Crippen LogP contribution in [0.3, 0.4) is 0 Å². The third kappa shape index (κ3) is 4.56. The van der Waals surface area contributed by atoms with Crippen LogP contribution >= 0.6 is 11.6 Å². The van der Waals surface area contributed by atoms with E-state index in [-0.39, 0.29) is 10.8 Å². The van der Waals surface area contributed by atoms with Gasteiger partial charge in [0.05, 0.1) is 15.7 Å². The predicted octanol–water partition coefficient (Wildman–Crippen LogP) is 4.01. The van der Waals surface area contributed by atoms with Crippen molar-refractivity contribution in [3.8, 4) is 0 Å². The van der Waals surface area contributed by atoms with Gasteiger partial charge in [0.25, 0.3) is 0 Å². The zero-order chi connectivity index (χ0) is 13.8. The highest BCUT2D eigenvalue weighted by atomic mass is 35.5. The predicted molar refractivity (Wildman–Crippen MR) is 80.0 cm³/mol. The Morgan fingerprint density at radius 2 is 1.94 bits per heavy atom. The molecule has 0 fully saturated rings. The molecule has 0 saturated carbocycles. The summed E-state index contributed by atoms with van der Waals surface area (Å²) in [6.07, 6.45) is 2.55. The topological polar surface area (TPSA) is 29.1 Å². The molecule has 4 heteroatoms. The van der Waals surface area contributed by atoms with E-state index in [9.17, 15) is 4.21 Å². The fraction of sp³-hybridized carbons (Fsp3) is 0.429. The molecule has 1 rings (SSSR count). The van der Waals surface area contributed by atoms with Gasteiger partial charge in [0.1, 0.15) is 0 Å². The van der Waals surface area contributed by atoms with Crippen molar-refractivity contribution in [2.24, 2.45) is 0 Å². The van der Waals surface area contributed by atoms with Crippen LogP contribution in [0.2, 0.25) is 5.02 Å². The van der Waals surface area contributed by atoms with E-state index in [0.717, 1.165) is 12.0 Å². The summed E-state index contributed by atoms with van der Waals surface area (Å²) < 4.78 is 15.0. The Kier molecular flexibility index (Phi) is 5.57. The van der Waals surface area contributed by atoms with Crippen LogP contribution in [0.4, 0.5) is 0 Å². The molecular formula is C14H20ClNOS. The third-order valence-electron chi connectivity index (χ3n) is 2.48. The molecule has 0 aliphatic rings. The van der Waals surface area contributed by atoms with Crippen molar-refractivity contribution in [1.29, 1.82) is 0 Å². The maximum atomic E-state index is 12.1. The van der Waals surface area contributed by atoms with E-state index < -0.39 is 11.0 Å². The van der Waals surface area contributed by atoms with Crippen LogP contribution in [0, 0.1) is 0 Å². The van der Waals surface area contributed by atoms with Crippen LogP contribution < -0.4 is 4.72 Å².